The fraction of sp³-hybridized carbons (Fsp3) is 0.392. The van der Waals surface area contributed by atoms with Crippen molar-refractivity contribution >= 4 is 40.2 Å². The van der Waals surface area contributed by atoms with E-state index in [-0.39, 0.29) is 51.0 Å². The summed E-state index contributed by atoms with van der Waals surface area (Å²) < 4.78 is 0. The van der Waals surface area contributed by atoms with Crippen LogP contribution in [-0.4, -0.2) is 6.71 Å². The molecule has 8 aromatic rings. The molecular formula is C79H92BN. The van der Waals surface area contributed by atoms with Crippen LogP contribution < -0.4 is 21.3 Å². The summed E-state index contributed by atoms with van der Waals surface area (Å²) in [4.78, 5) is 2.47. The van der Waals surface area contributed by atoms with E-state index in [2.05, 4.69) is 287 Å². The van der Waals surface area contributed by atoms with Crippen molar-refractivity contribution < 1.29 is 0 Å². The molecule has 2 unspecified atom stereocenters. The fourth-order valence-corrected chi connectivity index (χ4v) is 15.5. The Kier molecular flexibility index (Phi) is 14.1. The standard InChI is InChI=1S/C79H92BN/c1-50-41-52(3)73-66(42-50)62(35-30-54-29-32-56(43-51(54)2)74(5,6)7)65-46-60(81(58-25-21-19-22-26-58)59-27-23-20-24-28-59)34-38-71(65)80(73)72-48-70-69(78(15,16)49-79(70,17)18)47-63(72)53(4)61-36-33-57(75(8,9)10)45-64(61)55-31-37-67-68(44-55)77(13,14)40-39-76(67,11)12/h19-29,31-34,36-38,41-48,53,62H,30,35,39-40,49H2,1-18H3. The molecule has 416 valence electrons. The Bertz CT molecular complexity index is 3660. The predicted octanol–water partition coefficient (Wildman–Crippen LogP) is 19.4. The van der Waals surface area contributed by atoms with Gasteiger partial charge in [-0.15, -0.1) is 0 Å². The molecule has 2 heteroatoms. The minimum absolute atomic E-state index is 0.00787. The van der Waals surface area contributed by atoms with Crippen LogP contribution in [0.2, 0.25) is 0 Å². The quantitative estimate of drug-likeness (QED) is 0.123. The van der Waals surface area contributed by atoms with Gasteiger partial charge >= 0.3 is 0 Å². The summed E-state index contributed by atoms with van der Waals surface area (Å²) in [6.45, 7) is 43.6. The average Bonchev–Trinajstić information content (AvgIpc) is 2.55. The van der Waals surface area contributed by atoms with E-state index >= 15 is 0 Å². The molecule has 0 radical (unpaired) electrons. The minimum Gasteiger partial charge on any atom is -0.310 e. The van der Waals surface area contributed by atoms with Crippen LogP contribution in [0.15, 0.2) is 158 Å². The molecule has 0 saturated carbocycles. The summed E-state index contributed by atoms with van der Waals surface area (Å²) in [7, 11) is 0. The average molecular weight is 1070 g/mol. The van der Waals surface area contributed by atoms with Crippen molar-refractivity contribution in [3.8, 4) is 11.1 Å². The van der Waals surface area contributed by atoms with Crippen LogP contribution in [0.25, 0.3) is 11.1 Å². The molecule has 1 nitrogen and oxygen atoms in total. The molecule has 81 heavy (non-hydrogen) atoms. The van der Waals surface area contributed by atoms with Crippen LogP contribution in [0.4, 0.5) is 17.1 Å². The highest BCUT2D eigenvalue weighted by atomic mass is 15.1. The highest BCUT2D eigenvalue weighted by Crippen LogP contribution is 2.52. The maximum atomic E-state index is 2.74. The summed E-state index contributed by atoms with van der Waals surface area (Å²) in [6, 6.07) is 62.5. The second kappa shape index (κ2) is 20.2. The first-order valence-corrected chi connectivity index (χ1v) is 30.8. The molecule has 0 fully saturated rings. The number of anilines is 3. The molecule has 0 N–H and O–H groups in total. The Hall–Kier alpha value is -6.38. The molecule has 1 aliphatic heterocycles. The second-order valence-electron chi connectivity index (χ2n) is 30.1. The van der Waals surface area contributed by atoms with Crippen molar-refractivity contribution in [2.45, 2.75) is 201 Å². The molecule has 1 heterocycles. The number of hydrogen-bond acceptors (Lipinski definition) is 1. The van der Waals surface area contributed by atoms with Gasteiger partial charge in [0, 0.05) is 28.9 Å². The summed E-state index contributed by atoms with van der Waals surface area (Å²) in [5.41, 5.74) is 31.2. The summed E-state index contributed by atoms with van der Waals surface area (Å²) in [5, 5.41) is 0. The Morgan fingerprint density at radius 1 is 0.494 bits per heavy atom. The van der Waals surface area contributed by atoms with Crippen molar-refractivity contribution in [2.75, 3.05) is 4.90 Å². The number of para-hydroxylation sites is 2. The highest BCUT2D eigenvalue weighted by Gasteiger charge is 2.46. The van der Waals surface area contributed by atoms with Crippen LogP contribution in [0, 0.1) is 20.8 Å². The first-order chi connectivity index (χ1) is 38.0. The van der Waals surface area contributed by atoms with Crippen LogP contribution in [0.5, 0.6) is 0 Å². The van der Waals surface area contributed by atoms with Gasteiger partial charge in [0.15, 0.2) is 0 Å². The number of hydrogen-bond donors (Lipinski definition) is 0. The highest BCUT2D eigenvalue weighted by molar-refractivity contribution is 6.97. The normalized spacial score (nSPS) is 17.9. The van der Waals surface area contributed by atoms with Gasteiger partial charge in [0.25, 0.3) is 0 Å². The molecule has 8 aromatic carbocycles. The molecule has 0 saturated heterocycles. The largest absolute Gasteiger partial charge is 0.310 e. The summed E-state index contributed by atoms with van der Waals surface area (Å²) in [5.74, 6) is 0.273. The smallest absolute Gasteiger partial charge is 0.242 e. The van der Waals surface area contributed by atoms with E-state index in [0.29, 0.717) is 0 Å². The third-order valence-electron chi connectivity index (χ3n) is 20.1. The molecule has 0 bridgehead atoms. The van der Waals surface area contributed by atoms with Crippen LogP contribution in [-0.2, 0) is 38.9 Å². The van der Waals surface area contributed by atoms with Gasteiger partial charge in [-0.05, 0) is 200 Å². The third-order valence-corrected chi connectivity index (χ3v) is 20.1. The van der Waals surface area contributed by atoms with Gasteiger partial charge in [-0.3, -0.25) is 0 Å². The first-order valence-electron chi connectivity index (χ1n) is 30.8. The predicted molar refractivity (Wildman–Crippen MR) is 352 cm³/mol. The number of rotatable bonds is 10. The lowest BCUT2D eigenvalue weighted by molar-refractivity contribution is 0.332. The van der Waals surface area contributed by atoms with Gasteiger partial charge in [0.05, 0.1) is 0 Å². The summed E-state index contributed by atoms with van der Waals surface area (Å²) >= 11 is 0. The lowest BCUT2D eigenvalue weighted by Gasteiger charge is -2.42. The summed E-state index contributed by atoms with van der Waals surface area (Å²) in [6.07, 6.45) is 5.53. The molecule has 0 aromatic heterocycles. The van der Waals surface area contributed by atoms with Gasteiger partial charge in [-0.25, -0.2) is 0 Å². The van der Waals surface area contributed by atoms with E-state index in [4.69, 9.17) is 0 Å². The zero-order chi connectivity index (χ0) is 57.9. The maximum Gasteiger partial charge on any atom is 0.242 e. The van der Waals surface area contributed by atoms with E-state index in [0.717, 1.165) is 30.6 Å². The Balaban J connectivity index is 1.17. The van der Waals surface area contributed by atoms with Crippen LogP contribution in [0.1, 0.15) is 219 Å². The number of benzene rings is 8. The molecule has 11 rings (SSSR count). The maximum absolute atomic E-state index is 2.74. The third kappa shape index (κ3) is 10.3. The van der Waals surface area contributed by atoms with Gasteiger partial charge in [0.1, 0.15) is 0 Å². The Morgan fingerprint density at radius 3 is 1.69 bits per heavy atom. The molecule has 2 aliphatic carbocycles. The van der Waals surface area contributed by atoms with Crippen molar-refractivity contribution in [1.82, 2.24) is 0 Å². The topological polar surface area (TPSA) is 3.24 Å². The van der Waals surface area contributed by atoms with E-state index in [9.17, 15) is 0 Å². The van der Waals surface area contributed by atoms with Crippen molar-refractivity contribution in [3.05, 3.63) is 236 Å². The minimum atomic E-state index is -0.00787. The molecule has 2 atom stereocenters. The van der Waals surface area contributed by atoms with Gasteiger partial charge in [0.2, 0.25) is 6.71 Å². The zero-order valence-corrected chi connectivity index (χ0v) is 52.7. The first kappa shape index (κ1) is 56.5. The van der Waals surface area contributed by atoms with Gasteiger partial charge in [-0.2, -0.15) is 0 Å². The van der Waals surface area contributed by atoms with Crippen molar-refractivity contribution in [2.24, 2.45) is 0 Å². The second-order valence-corrected chi connectivity index (χ2v) is 30.1. The molecule has 3 aliphatic rings. The van der Waals surface area contributed by atoms with Crippen molar-refractivity contribution in [1.29, 1.82) is 0 Å². The van der Waals surface area contributed by atoms with E-state index in [1.807, 2.05) is 0 Å². The molecule has 0 spiro atoms. The Labute approximate surface area is 490 Å². The van der Waals surface area contributed by atoms with E-state index in [1.165, 1.54) is 124 Å². The van der Waals surface area contributed by atoms with E-state index in [1.54, 1.807) is 0 Å². The molecule has 0 amide bonds. The zero-order valence-electron chi connectivity index (χ0n) is 52.7. The SMILES string of the molecule is Cc1cc(C)c2c(c1)C(CCc1ccc(C(C)(C)C)cc1C)c1cc(N(c3ccccc3)c3ccccc3)ccc1B2c1cc2c(cc1C(C)c1ccc(C(C)(C)C)cc1-c1ccc3c(c1)C(C)(C)CCC3(C)C)C(C)(C)CC2(C)C. The monoisotopic (exact) mass is 1070 g/mol. The van der Waals surface area contributed by atoms with Crippen molar-refractivity contribution in [3.63, 3.8) is 0 Å². The van der Waals surface area contributed by atoms with Crippen LogP contribution in [0.3, 0.4) is 0 Å². The fourth-order valence-electron chi connectivity index (χ4n) is 15.5. The Morgan fingerprint density at radius 2 is 1.07 bits per heavy atom. The number of nitrogens with zero attached hydrogens (tertiary/aromatic N) is 1. The molecular weight excluding hydrogens is 974 g/mol. The van der Waals surface area contributed by atoms with Gasteiger partial charge in [-0.1, -0.05) is 253 Å². The lowest BCUT2D eigenvalue weighted by atomic mass is 9.31. The number of fused-ring (bicyclic) bond motifs is 4. The van der Waals surface area contributed by atoms with Gasteiger partial charge < -0.3 is 4.90 Å². The van der Waals surface area contributed by atoms with E-state index < -0.39 is 0 Å². The van der Waals surface area contributed by atoms with Crippen LogP contribution >= 0.6 is 0 Å². The number of aryl methyl sites for hydroxylation is 4. The lowest BCUT2D eigenvalue weighted by Crippen LogP contribution is -2.60.